The number of halogens is 1. The number of carbonyl (C=O) groups is 1. The molecule has 0 spiro atoms. The van der Waals surface area contributed by atoms with E-state index in [4.69, 9.17) is 16.3 Å². The number of hydrogen-bond donors (Lipinski definition) is 2. The van der Waals surface area contributed by atoms with Crippen molar-refractivity contribution in [3.63, 3.8) is 0 Å². The second kappa shape index (κ2) is 8.24. The second-order valence-electron chi connectivity index (χ2n) is 4.76. The van der Waals surface area contributed by atoms with Gasteiger partial charge in [-0.1, -0.05) is 29.3 Å². The minimum Gasteiger partial charge on any atom is -0.494 e. The normalized spacial score (nSPS) is 10.1. The zero-order valence-electron chi connectivity index (χ0n) is 12.3. The molecule has 5 nitrogen and oxygen atoms in total. The molecule has 0 atom stereocenters. The fraction of sp³-hybridized carbons (Fsp3) is 0.250. The summed E-state index contributed by atoms with van der Waals surface area (Å²) >= 11 is 5.81. The van der Waals surface area contributed by atoms with E-state index in [1.54, 1.807) is 12.1 Å². The largest absolute Gasteiger partial charge is 0.494 e. The molecule has 2 N–H and O–H groups in total. The summed E-state index contributed by atoms with van der Waals surface area (Å²) in [7, 11) is 0. The summed E-state index contributed by atoms with van der Waals surface area (Å²) in [5, 5.41) is 5.87. The van der Waals surface area contributed by atoms with E-state index in [1.165, 1.54) is 11.8 Å². The molecule has 0 aliphatic rings. The number of hydrogen-bond acceptors (Lipinski definition) is 3. The highest BCUT2D eigenvalue weighted by molar-refractivity contribution is 6.30. The van der Waals surface area contributed by atoms with Crippen molar-refractivity contribution < 1.29 is 9.53 Å². The maximum absolute atomic E-state index is 11.6. The number of ether oxygens (including phenoxy) is 1. The van der Waals surface area contributed by atoms with E-state index in [-0.39, 0.29) is 6.03 Å². The Labute approximate surface area is 134 Å². The lowest BCUT2D eigenvalue weighted by Crippen LogP contribution is -2.30. The number of rotatable bonds is 6. The Hall–Kier alpha value is -2.27. The van der Waals surface area contributed by atoms with Crippen LogP contribution in [0.4, 0.5) is 10.6 Å². The van der Waals surface area contributed by atoms with Crippen LogP contribution in [0.2, 0.25) is 5.02 Å². The SMILES string of the molecule is Cc1ccc(OCCCNC(=O)Nc2cc(Cl)ccn2)cc1. The quantitative estimate of drug-likeness (QED) is 0.799. The molecular formula is C16H18ClN3O2. The van der Waals surface area contributed by atoms with Crippen LogP contribution in [0.1, 0.15) is 12.0 Å². The highest BCUT2D eigenvalue weighted by Crippen LogP contribution is 2.12. The fourth-order valence-corrected chi connectivity index (χ4v) is 1.89. The Bertz CT molecular complexity index is 617. The number of urea groups is 1. The van der Waals surface area contributed by atoms with Crippen LogP contribution in [0, 0.1) is 6.92 Å². The number of pyridine rings is 1. The minimum atomic E-state index is -0.315. The molecular weight excluding hydrogens is 302 g/mol. The van der Waals surface area contributed by atoms with Crippen molar-refractivity contribution in [3.8, 4) is 5.75 Å². The predicted molar refractivity (Wildman–Crippen MR) is 87.6 cm³/mol. The topological polar surface area (TPSA) is 63.2 Å². The molecule has 0 fully saturated rings. The molecule has 2 rings (SSSR count). The van der Waals surface area contributed by atoms with Crippen LogP contribution < -0.4 is 15.4 Å². The molecule has 116 valence electrons. The van der Waals surface area contributed by atoms with Gasteiger partial charge in [0, 0.05) is 17.8 Å². The van der Waals surface area contributed by atoms with Crippen molar-refractivity contribution in [2.24, 2.45) is 0 Å². The van der Waals surface area contributed by atoms with Crippen molar-refractivity contribution in [2.75, 3.05) is 18.5 Å². The number of aryl methyl sites for hydroxylation is 1. The van der Waals surface area contributed by atoms with Gasteiger partial charge in [-0.25, -0.2) is 9.78 Å². The van der Waals surface area contributed by atoms with Crippen molar-refractivity contribution in [3.05, 3.63) is 53.2 Å². The predicted octanol–water partition coefficient (Wildman–Crippen LogP) is 3.63. The third kappa shape index (κ3) is 5.61. The van der Waals surface area contributed by atoms with Gasteiger partial charge in [0.05, 0.1) is 6.61 Å². The van der Waals surface area contributed by atoms with Crippen LogP contribution in [-0.2, 0) is 0 Å². The van der Waals surface area contributed by atoms with Gasteiger partial charge in [0.15, 0.2) is 0 Å². The molecule has 0 saturated carbocycles. The first-order valence-corrected chi connectivity index (χ1v) is 7.37. The molecule has 2 aromatic rings. The lowest BCUT2D eigenvalue weighted by Gasteiger charge is -2.08. The molecule has 0 radical (unpaired) electrons. The zero-order valence-corrected chi connectivity index (χ0v) is 13.1. The molecule has 1 heterocycles. The summed E-state index contributed by atoms with van der Waals surface area (Å²) in [4.78, 5) is 15.6. The number of anilines is 1. The molecule has 2 amide bonds. The van der Waals surface area contributed by atoms with Gasteiger partial charge in [-0.05, 0) is 37.6 Å². The highest BCUT2D eigenvalue weighted by Gasteiger charge is 2.02. The van der Waals surface area contributed by atoms with Gasteiger partial charge >= 0.3 is 6.03 Å². The van der Waals surface area contributed by atoms with E-state index < -0.39 is 0 Å². The molecule has 0 saturated heterocycles. The maximum atomic E-state index is 11.6. The maximum Gasteiger partial charge on any atom is 0.320 e. The molecule has 6 heteroatoms. The summed E-state index contributed by atoms with van der Waals surface area (Å²) in [6, 6.07) is 10.8. The summed E-state index contributed by atoms with van der Waals surface area (Å²) in [5.74, 6) is 1.25. The third-order valence-electron chi connectivity index (χ3n) is 2.86. The van der Waals surface area contributed by atoms with Crippen LogP contribution in [0.5, 0.6) is 5.75 Å². The van der Waals surface area contributed by atoms with Crippen molar-refractivity contribution in [2.45, 2.75) is 13.3 Å². The molecule has 22 heavy (non-hydrogen) atoms. The number of amides is 2. The van der Waals surface area contributed by atoms with Gasteiger partial charge < -0.3 is 10.1 Å². The van der Waals surface area contributed by atoms with Gasteiger partial charge in [-0.3, -0.25) is 5.32 Å². The molecule has 0 aliphatic heterocycles. The van der Waals surface area contributed by atoms with E-state index in [1.807, 2.05) is 31.2 Å². The fourth-order valence-electron chi connectivity index (χ4n) is 1.73. The van der Waals surface area contributed by atoms with E-state index in [9.17, 15) is 4.79 Å². The van der Waals surface area contributed by atoms with Crippen molar-refractivity contribution in [1.82, 2.24) is 10.3 Å². The average molecular weight is 320 g/mol. The number of benzene rings is 1. The first-order valence-electron chi connectivity index (χ1n) is 6.99. The first kappa shape index (κ1) is 16.1. The van der Waals surface area contributed by atoms with E-state index in [0.29, 0.717) is 30.4 Å². The molecule has 0 bridgehead atoms. The smallest absolute Gasteiger partial charge is 0.320 e. The van der Waals surface area contributed by atoms with Gasteiger partial charge in [-0.2, -0.15) is 0 Å². The monoisotopic (exact) mass is 319 g/mol. The van der Waals surface area contributed by atoms with Gasteiger partial charge in [0.1, 0.15) is 11.6 Å². The molecule has 1 aromatic heterocycles. The van der Waals surface area contributed by atoms with Gasteiger partial charge in [0.2, 0.25) is 0 Å². The number of nitrogens with one attached hydrogen (secondary N) is 2. The van der Waals surface area contributed by atoms with Crippen molar-refractivity contribution >= 4 is 23.4 Å². The summed E-state index contributed by atoms with van der Waals surface area (Å²) in [6.07, 6.45) is 2.25. The van der Waals surface area contributed by atoms with Crippen molar-refractivity contribution in [1.29, 1.82) is 0 Å². The van der Waals surface area contributed by atoms with E-state index in [2.05, 4.69) is 15.6 Å². The second-order valence-corrected chi connectivity index (χ2v) is 5.19. The zero-order chi connectivity index (χ0) is 15.8. The van der Waals surface area contributed by atoms with Crippen LogP contribution >= 0.6 is 11.6 Å². The Balaban J connectivity index is 1.62. The number of aromatic nitrogens is 1. The van der Waals surface area contributed by atoms with Crippen LogP contribution in [0.25, 0.3) is 0 Å². The molecule has 0 aliphatic carbocycles. The van der Waals surface area contributed by atoms with Crippen LogP contribution in [0.15, 0.2) is 42.6 Å². The first-order chi connectivity index (χ1) is 10.6. The Kier molecular flexibility index (Phi) is 6.03. The highest BCUT2D eigenvalue weighted by atomic mass is 35.5. The summed E-state index contributed by atoms with van der Waals surface area (Å²) < 4.78 is 5.58. The average Bonchev–Trinajstić information content (AvgIpc) is 2.49. The van der Waals surface area contributed by atoms with Gasteiger partial charge in [0.25, 0.3) is 0 Å². The Morgan fingerprint density at radius 3 is 2.77 bits per heavy atom. The van der Waals surface area contributed by atoms with Crippen LogP contribution in [0.3, 0.4) is 0 Å². The Morgan fingerprint density at radius 1 is 1.27 bits per heavy atom. The van der Waals surface area contributed by atoms with E-state index in [0.717, 1.165) is 5.75 Å². The molecule has 1 aromatic carbocycles. The van der Waals surface area contributed by atoms with E-state index >= 15 is 0 Å². The standard InChI is InChI=1S/C16H18ClN3O2/c1-12-3-5-14(6-4-12)22-10-2-8-19-16(21)20-15-11-13(17)7-9-18-15/h3-7,9,11H,2,8,10H2,1H3,(H2,18,19,20,21). The number of nitrogens with zero attached hydrogens (tertiary/aromatic N) is 1. The lowest BCUT2D eigenvalue weighted by atomic mass is 10.2. The number of carbonyl (C=O) groups excluding carboxylic acids is 1. The van der Waals surface area contributed by atoms with Crippen LogP contribution in [-0.4, -0.2) is 24.2 Å². The summed E-state index contributed by atoms with van der Waals surface area (Å²) in [6.45, 7) is 3.08. The molecule has 0 unspecified atom stereocenters. The lowest BCUT2D eigenvalue weighted by molar-refractivity contribution is 0.250. The van der Waals surface area contributed by atoms with Gasteiger partial charge in [-0.15, -0.1) is 0 Å². The minimum absolute atomic E-state index is 0.315. The summed E-state index contributed by atoms with van der Waals surface area (Å²) in [5.41, 5.74) is 1.19. The Morgan fingerprint density at radius 2 is 2.05 bits per heavy atom. The third-order valence-corrected chi connectivity index (χ3v) is 3.10.